The predicted molar refractivity (Wildman–Crippen MR) is 170 cm³/mol. The fourth-order valence-electron chi connectivity index (χ4n) is 5.40. The average Bonchev–Trinajstić information content (AvgIpc) is 3.42. The second kappa shape index (κ2) is 13.3. The third-order valence-corrected chi connectivity index (χ3v) is 8.43. The van der Waals surface area contributed by atoms with Crippen molar-refractivity contribution in [2.75, 3.05) is 40.4 Å². The summed E-state index contributed by atoms with van der Waals surface area (Å²) in [5.74, 6) is 0.960. The minimum Gasteiger partial charge on any atom is -0.497 e. The van der Waals surface area contributed by atoms with Crippen LogP contribution in [0.1, 0.15) is 42.6 Å². The van der Waals surface area contributed by atoms with E-state index in [1.165, 1.54) is 9.80 Å². The van der Waals surface area contributed by atoms with Crippen molar-refractivity contribution in [2.24, 2.45) is 10.9 Å². The largest absolute Gasteiger partial charge is 0.497 e. The molecule has 44 heavy (non-hydrogen) atoms. The molecule has 9 nitrogen and oxygen atoms in total. The first kappa shape index (κ1) is 31.3. The van der Waals surface area contributed by atoms with Crippen LogP contribution < -0.4 is 9.47 Å². The van der Waals surface area contributed by atoms with Gasteiger partial charge in [0.2, 0.25) is 5.91 Å². The monoisotopic (exact) mass is 636 g/mol. The Hall–Kier alpha value is -4.08. The number of carbonyl (C=O) groups is 3. The minimum atomic E-state index is -0.585. The number of nitrogens with zero attached hydrogens (tertiary/aromatic N) is 4. The Morgan fingerprint density at radius 3 is 2.11 bits per heavy atom. The van der Waals surface area contributed by atoms with Crippen LogP contribution in [0.4, 0.5) is 4.79 Å². The molecule has 0 bridgehead atoms. The van der Waals surface area contributed by atoms with E-state index < -0.39 is 12.1 Å². The average molecular weight is 638 g/mol. The number of amides is 3. The van der Waals surface area contributed by atoms with Gasteiger partial charge in [-0.15, -0.1) is 0 Å². The van der Waals surface area contributed by atoms with Gasteiger partial charge in [-0.2, -0.15) is 0 Å². The van der Waals surface area contributed by atoms with Crippen LogP contribution in [0.25, 0.3) is 0 Å². The molecule has 1 saturated heterocycles. The molecule has 2 aliphatic heterocycles. The maximum atomic E-state index is 14.6. The normalized spacial score (nSPS) is 18.5. The lowest BCUT2D eigenvalue weighted by atomic mass is 9.93. The lowest BCUT2D eigenvalue weighted by Gasteiger charge is -2.38. The molecule has 0 saturated carbocycles. The molecule has 0 aromatic heterocycles. The Bertz CT molecular complexity index is 1580. The highest BCUT2D eigenvalue weighted by Gasteiger charge is 2.45. The Morgan fingerprint density at radius 1 is 0.909 bits per heavy atom. The summed E-state index contributed by atoms with van der Waals surface area (Å²) >= 11 is 12.5. The van der Waals surface area contributed by atoms with E-state index in [4.69, 9.17) is 37.7 Å². The highest BCUT2D eigenvalue weighted by Crippen LogP contribution is 2.45. The summed E-state index contributed by atoms with van der Waals surface area (Å²) < 4.78 is 11.1. The maximum absolute atomic E-state index is 14.6. The second-order valence-electron chi connectivity index (χ2n) is 11.0. The molecule has 11 heteroatoms. The van der Waals surface area contributed by atoms with Crippen molar-refractivity contribution in [3.05, 3.63) is 93.5 Å². The lowest BCUT2D eigenvalue weighted by Crippen LogP contribution is -2.57. The summed E-state index contributed by atoms with van der Waals surface area (Å²) in [6.45, 7) is 4.00. The van der Waals surface area contributed by atoms with Crippen LogP contribution in [0.2, 0.25) is 10.0 Å². The van der Waals surface area contributed by atoms with Gasteiger partial charge in [-0.3, -0.25) is 19.5 Å². The van der Waals surface area contributed by atoms with Gasteiger partial charge in [0.1, 0.15) is 29.9 Å². The molecule has 0 radical (unpaired) electrons. The van der Waals surface area contributed by atoms with Crippen molar-refractivity contribution in [1.29, 1.82) is 0 Å². The molecule has 1 fully saturated rings. The van der Waals surface area contributed by atoms with Gasteiger partial charge in [0.15, 0.2) is 5.78 Å². The van der Waals surface area contributed by atoms with Crippen molar-refractivity contribution in [1.82, 2.24) is 14.7 Å². The first-order valence-electron chi connectivity index (χ1n) is 14.3. The number of aliphatic imine (C=N–C) groups is 1. The molecule has 230 valence electrons. The SMILES string of the molecule is COc1ccc(C2=NC(c3ccc(Cl)cc3)C(c3ccc(Cl)cc3)N2C(=O)N2CCN(CC(=O)C(C)C)C(=O)C2)c(OC)c1. The number of rotatable bonds is 8. The van der Waals surface area contributed by atoms with Gasteiger partial charge in [-0.25, -0.2) is 4.79 Å². The van der Waals surface area contributed by atoms with E-state index in [0.717, 1.165) is 11.1 Å². The molecule has 0 spiro atoms. The number of urea groups is 1. The fraction of sp³-hybridized carbons (Fsp3) is 0.333. The van der Waals surface area contributed by atoms with E-state index in [2.05, 4.69) is 0 Å². The van der Waals surface area contributed by atoms with Crippen molar-refractivity contribution in [2.45, 2.75) is 25.9 Å². The summed E-state index contributed by atoms with van der Waals surface area (Å²) in [5, 5.41) is 1.14. The van der Waals surface area contributed by atoms with Crippen molar-refractivity contribution >= 4 is 46.8 Å². The summed E-state index contributed by atoms with van der Waals surface area (Å²) in [4.78, 5) is 50.0. The van der Waals surface area contributed by atoms with Crippen LogP contribution in [-0.4, -0.2) is 78.7 Å². The number of hydrogen-bond acceptors (Lipinski definition) is 6. The maximum Gasteiger partial charge on any atom is 0.326 e. The van der Waals surface area contributed by atoms with Crippen molar-refractivity contribution < 1.29 is 23.9 Å². The van der Waals surface area contributed by atoms with Crippen LogP contribution in [0.3, 0.4) is 0 Å². The van der Waals surface area contributed by atoms with Gasteiger partial charge < -0.3 is 19.3 Å². The molecular formula is C33H34Cl2N4O5. The highest BCUT2D eigenvalue weighted by atomic mass is 35.5. The van der Waals surface area contributed by atoms with Gasteiger partial charge in [0, 0.05) is 35.1 Å². The second-order valence-corrected chi connectivity index (χ2v) is 11.9. The summed E-state index contributed by atoms with van der Waals surface area (Å²) in [6, 6.07) is 18.5. The van der Waals surface area contributed by atoms with Crippen LogP contribution in [0.5, 0.6) is 11.5 Å². The number of carbonyl (C=O) groups excluding carboxylic acids is 3. The van der Waals surface area contributed by atoms with Crippen LogP contribution in [0, 0.1) is 5.92 Å². The Morgan fingerprint density at radius 2 is 1.55 bits per heavy atom. The Balaban J connectivity index is 1.59. The summed E-state index contributed by atoms with van der Waals surface area (Å²) in [6.07, 6.45) is 0. The molecule has 3 aromatic carbocycles. The van der Waals surface area contributed by atoms with E-state index >= 15 is 0 Å². The molecule has 0 N–H and O–H groups in total. The number of hydrogen-bond donors (Lipinski definition) is 0. The molecule has 5 rings (SSSR count). The molecule has 2 aliphatic rings. The van der Waals surface area contributed by atoms with E-state index in [1.54, 1.807) is 61.6 Å². The summed E-state index contributed by atoms with van der Waals surface area (Å²) in [5.41, 5.74) is 2.24. The number of methoxy groups -OCH3 is 2. The van der Waals surface area contributed by atoms with Gasteiger partial charge in [-0.1, -0.05) is 61.3 Å². The first-order chi connectivity index (χ1) is 21.1. The lowest BCUT2D eigenvalue weighted by molar-refractivity contribution is -0.139. The molecule has 2 atom stereocenters. The molecule has 2 unspecified atom stereocenters. The van der Waals surface area contributed by atoms with E-state index in [1.807, 2.05) is 38.1 Å². The number of halogens is 2. The first-order valence-corrected chi connectivity index (χ1v) is 15.1. The van der Waals surface area contributed by atoms with Crippen LogP contribution >= 0.6 is 23.2 Å². The third-order valence-electron chi connectivity index (χ3n) is 7.93. The smallest absolute Gasteiger partial charge is 0.326 e. The quantitative estimate of drug-likeness (QED) is 0.300. The number of ketones is 1. The predicted octanol–water partition coefficient (Wildman–Crippen LogP) is 6.04. The van der Waals surface area contributed by atoms with Crippen molar-refractivity contribution in [3.63, 3.8) is 0 Å². The zero-order valence-electron chi connectivity index (χ0n) is 25.0. The van der Waals surface area contributed by atoms with Gasteiger partial charge in [0.25, 0.3) is 0 Å². The Labute approximate surface area is 267 Å². The number of benzene rings is 3. The van der Waals surface area contributed by atoms with E-state index in [9.17, 15) is 14.4 Å². The van der Waals surface area contributed by atoms with E-state index in [0.29, 0.717) is 32.9 Å². The topological polar surface area (TPSA) is 91.8 Å². The Kier molecular flexibility index (Phi) is 9.46. The van der Waals surface area contributed by atoms with Crippen LogP contribution in [-0.2, 0) is 9.59 Å². The zero-order chi connectivity index (χ0) is 31.5. The van der Waals surface area contributed by atoms with Crippen molar-refractivity contribution in [3.8, 4) is 11.5 Å². The third kappa shape index (κ3) is 6.39. The standard InChI is InChI=1S/C33H34Cl2N4O5/c1-20(2)27(40)18-37-15-16-38(19-29(37)41)33(42)39-31(22-7-11-24(35)12-8-22)30(21-5-9-23(34)10-6-21)36-32(39)26-14-13-25(43-3)17-28(26)44-4/h5-14,17,20,30-31H,15-16,18-19H2,1-4H3. The van der Waals surface area contributed by atoms with Gasteiger partial charge in [0.05, 0.1) is 32.4 Å². The number of ether oxygens (including phenoxy) is 2. The van der Waals surface area contributed by atoms with Gasteiger partial charge >= 0.3 is 6.03 Å². The van der Waals surface area contributed by atoms with Gasteiger partial charge in [-0.05, 0) is 47.5 Å². The fourth-order valence-corrected chi connectivity index (χ4v) is 5.65. The molecule has 3 amide bonds. The molecule has 0 aliphatic carbocycles. The van der Waals surface area contributed by atoms with E-state index in [-0.39, 0.29) is 49.8 Å². The highest BCUT2D eigenvalue weighted by molar-refractivity contribution is 6.30. The zero-order valence-corrected chi connectivity index (χ0v) is 26.5. The number of amidine groups is 1. The minimum absolute atomic E-state index is 0.0210. The molecule has 3 aromatic rings. The number of Topliss-reactive ketones (excluding diaryl/α,β-unsaturated/α-hetero) is 1. The summed E-state index contributed by atoms with van der Waals surface area (Å²) in [7, 11) is 3.11. The molecular weight excluding hydrogens is 603 g/mol. The van der Waals surface area contributed by atoms with Crippen LogP contribution in [0.15, 0.2) is 71.7 Å². The molecule has 2 heterocycles. The number of piperazine rings is 1.